The lowest BCUT2D eigenvalue weighted by molar-refractivity contribution is -0.123. The number of carbonyl (C=O) groups is 1. The second-order valence-electron chi connectivity index (χ2n) is 6.11. The molecule has 0 radical (unpaired) electrons. The van der Waals surface area contributed by atoms with E-state index in [0.717, 1.165) is 17.9 Å². The van der Waals surface area contributed by atoms with Crippen molar-refractivity contribution in [3.63, 3.8) is 0 Å². The van der Waals surface area contributed by atoms with Crippen molar-refractivity contribution in [2.45, 2.75) is 32.2 Å². The largest absolute Gasteiger partial charge is 0.346 e. The van der Waals surface area contributed by atoms with Crippen LogP contribution in [0.4, 0.5) is 0 Å². The lowest BCUT2D eigenvalue weighted by Crippen LogP contribution is -2.29. The molecule has 6 heteroatoms. The van der Waals surface area contributed by atoms with Gasteiger partial charge in [0.05, 0.1) is 6.04 Å². The van der Waals surface area contributed by atoms with Crippen LogP contribution in [-0.2, 0) is 4.79 Å². The van der Waals surface area contributed by atoms with Crippen LogP contribution in [0.15, 0.2) is 36.5 Å². The average Bonchev–Trinajstić information content (AvgIpc) is 3.04. The number of thiophene rings is 1. The molecule has 1 aliphatic rings. The average molecular weight is 326 g/mol. The number of carbonyl (C=O) groups excluding carboxylic acids is 1. The van der Waals surface area contributed by atoms with Crippen molar-refractivity contribution in [2.75, 3.05) is 0 Å². The highest BCUT2D eigenvalue weighted by Gasteiger charge is 2.45. The Balaban J connectivity index is 1.45. The van der Waals surface area contributed by atoms with Gasteiger partial charge in [0.2, 0.25) is 5.91 Å². The minimum Gasteiger partial charge on any atom is -0.346 e. The highest BCUT2D eigenvalue weighted by molar-refractivity contribution is 7.12. The van der Waals surface area contributed by atoms with Gasteiger partial charge in [-0.1, -0.05) is 6.07 Å². The number of amides is 1. The first-order chi connectivity index (χ1) is 11.1. The van der Waals surface area contributed by atoms with Gasteiger partial charge >= 0.3 is 0 Å². The van der Waals surface area contributed by atoms with Gasteiger partial charge in [-0.05, 0) is 44.5 Å². The topological polar surface area (TPSA) is 59.3 Å². The van der Waals surface area contributed by atoms with Crippen molar-refractivity contribution >= 4 is 22.9 Å². The van der Waals surface area contributed by atoms with E-state index in [1.54, 1.807) is 11.3 Å². The molecule has 1 fully saturated rings. The molecule has 0 unspecified atom stereocenters. The number of aromatic nitrogens is 3. The highest BCUT2D eigenvalue weighted by Crippen LogP contribution is 2.49. The Labute approximate surface area is 138 Å². The summed E-state index contributed by atoms with van der Waals surface area (Å²) in [4.78, 5) is 15.1. The summed E-state index contributed by atoms with van der Waals surface area (Å²) < 4.78 is 1.91. The quantitative estimate of drug-likeness (QED) is 0.801. The van der Waals surface area contributed by atoms with Crippen LogP contribution in [0.2, 0.25) is 0 Å². The molecular weight excluding hydrogens is 308 g/mol. The molecule has 3 heterocycles. The van der Waals surface area contributed by atoms with E-state index in [1.807, 2.05) is 35.7 Å². The Kier molecular flexibility index (Phi) is 3.41. The molecule has 1 N–H and O–H groups in total. The van der Waals surface area contributed by atoms with E-state index in [0.29, 0.717) is 5.92 Å². The maximum absolute atomic E-state index is 12.5. The van der Waals surface area contributed by atoms with Crippen LogP contribution in [0.1, 0.15) is 40.9 Å². The van der Waals surface area contributed by atoms with E-state index in [4.69, 9.17) is 0 Å². The van der Waals surface area contributed by atoms with Crippen LogP contribution in [-0.4, -0.2) is 20.5 Å². The third-order valence-electron chi connectivity index (χ3n) is 4.34. The summed E-state index contributed by atoms with van der Waals surface area (Å²) in [5.41, 5.74) is 0.793. The molecule has 4 rings (SSSR count). The molecule has 0 aliphatic heterocycles. The van der Waals surface area contributed by atoms with Gasteiger partial charge in [-0.3, -0.25) is 9.20 Å². The molecule has 0 bridgehead atoms. The number of nitrogens with one attached hydrogen (secondary N) is 1. The Morgan fingerprint density at radius 3 is 3.00 bits per heavy atom. The summed E-state index contributed by atoms with van der Waals surface area (Å²) in [5, 5.41) is 11.4. The third-order valence-corrected chi connectivity index (χ3v) is 5.47. The molecule has 0 saturated heterocycles. The molecule has 118 valence electrons. The molecule has 3 aromatic rings. The van der Waals surface area contributed by atoms with Crippen LogP contribution in [0.3, 0.4) is 0 Å². The molecule has 23 heavy (non-hydrogen) atoms. The van der Waals surface area contributed by atoms with E-state index in [-0.39, 0.29) is 17.9 Å². The molecular formula is C17H18N4OS. The Bertz CT molecular complexity index is 868. The second-order valence-corrected chi connectivity index (χ2v) is 7.43. The van der Waals surface area contributed by atoms with Gasteiger partial charge in [0.1, 0.15) is 0 Å². The maximum Gasteiger partial charge on any atom is 0.224 e. The standard InChI is InChI=1S/C17H18N4OS/c1-10-6-7-14(23-10)12-9-13(12)17(22)18-11(2)16-20-19-15-5-3-4-8-21(15)16/h3-8,11-13H,9H2,1-2H3,(H,18,22)/t11-,12+,13-/m0/s1. The predicted octanol–water partition coefficient (Wildman–Crippen LogP) is 3.08. The van der Waals surface area contributed by atoms with Crippen LogP contribution in [0.25, 0.3) is 5.65 Å². The van der Waals surface area contributed by atoms with Crippen molar-refractivity contribution in [2.24, 2.45) is 5.92 Å². The second kappa shape index (κ2) is 5.45. The fourth-order valence-electron chi connectivity index (χ4n) is 2.99. The summed E-state index contributed by atoms with van der Waals surface area (Å²) in [6.07, 6.45) is 2.86. The van der Waals surface area contributed by atoms with Crippen molar-refractivity contribution in [1.29, 1.82) is 0 Å². The van der Waals surface area contributed by atoms with Gasteiger partial charge < -0.3 is 5.32 Å². The van der Waals surface area contributed by atoms with Crippen LogP contribution < -0.4 is 5.32 Å². The molecule has 1 aliphatic carbocycles. The predicted molar refractivity (Wildman–Crippen MR) is 89.4 cm³/mol. The number of rotatable bonds is 4. The normalized spacial score (nSPS) is 21.3. The van der Waals surface area contributed by atoms with E-state index in [2.05, 4.69) is 34.6 Å². The SMILES string of the molecule is Cc1ccc([C@@H]2C[C@@H]2C(=O)N[C@@H](C)c2nnc3ccccn23)s1. The van der Waals surface area contributed by atoms with Crippen LogP contribution in [0, 0.1) is 12.8 Å². The fourth-order valence-corrected chi connectivity index (χ4v) is 4.05. The molecule has 3 atom stereocenters. The molecule has 1 amide bonds. The number of hydrogen-bond donors (Lipinski definition) is 1. The number of pyridine rings is 1. The Morgan fingerprint density at radius 2 is 2.22 bits per heavy atom. The smallest absolute Gasteiger partial charge is 0.224 e. The van der Waals surface area contributed by atoms with E-state index >= 15 is 0 Å². The zero-order valence-electron chi connectivity index (χ0n) is 13.1. The molecule has 1 saturated carbocycles. The minimum absolute atomic E-state index is 0.0923. The Hall–Kier alpha value is -2.21. The van der Waals surface area contributed by atoms with Crippen molar-refractivity contribution in [3.8, 4) is 0 Å². The van der Waals surface area contributed by atoms with Gasteiger partial charge in [-0.2, -0.15) is 0 Å². The lowest BCUT2D eigenvalue weighted by atomic mass is 10.2. The van der Waals surface area contributed by atoms with Gasteiger partial charge in [0, 0.05) is 27.8 Å². The minimum atomic E-state index is -0.161. The van der Waals surface area contributed by atoms with E-state index in [1.165, 1.54) is 9.75 Å². The van der Waals surface area contributed by atoms with E-state index < -0.39 is 0 Å². The van der Waals surface area contributed by atoms with Gasteiger partial charge in [0.15, 0.2) is 11.5 Å². The summed E-state index contributed by atoms with van der Waals surface area (Å²) >= 11 is 1.79. The van der Waals surface area contributed by atoms with Crippen LogP contribution >= 0.6 is 11.3 Å². The van der Waals surface area contributed by atoms with Crippen molar-refractivity contribution < 1.29 is 4.79 Å². The zero-order chi connectivity index (χ0) is 16.0. The number of hydrogen-bond acceptors (Lipinski definition) is 4. The number of aryl methyl sites for hydroxylation is 1. The Morgan fingerprint density at radius 1 is 1.35 bits per heavy atom. The highest BCUT2D eigenvalue weighted by atomic mass is 32.1. The van der Waals surface area contributed by atoms with Gasteiger partial charge in [-0.25, -0.2) is 0 Å². The summed E-state index contributed by atoms with van der Waals surface area (Å²) in [6, 6.07) is 9.87. The molecule has 3 aromatic heterocycles. The molecule has 5 nitrogen and oxygen atoms in total. The van der Waals surface area contributed by atoms with Crippen LogP contribution in [0.5, 0.6) is 0 Å². The third kappa shape index (κ3) is 2.63. The first-order valence-electron chi connectivity index (χ1n) is 7.80. The van der Waals surface area contributed by atoms with Crippen molar-refractivity contribution in [1.82, 2.24) is 19.9 Å². The molecule has 0 aromatic carbocycles. The summed E-state index contributed by atoms with van der Waals surface area (Å²) in [7, 11) is 0. The number of nitrogens with zero attached hydrogens (tertiary/aromatic N) is 3. The monoisotopic (exact) mass is 326 g/mol. The van der Waals surface area contributed by atoms with Gasteiger partial charge in [0.25, 0.3) is 0 Å². The van der Waals surface area contributed by atoms with Crippen molar-refractivity contribution in [3.05, 3.63) is 52.1 Å². The fraction of sp³-hybridized carbons (Fsp3) is 0.353. The summed E-state index contributed by atoms with van der Waals surface area (Å²) in [6.45, 7) is 4.05. The number of fused-ring (bicyclic) bond motifs is 1. The maximum atomic E-state index is 12.5. The van der Waals surface area contributed by atoms with Gasteiger partial charge in [-0.15, -0.1) is 21.5 Å². The molecule has 0 spiro atoms. The summed E-state index contributed by atoms with van der Waals surface area (Å²) in [5.74, 6) is 1.35. The zero-order valence-corrected chi connectivity index (χ0v) is 13.9. The van der Waals surface area contributed by atoms with E-state index in [9.17, 15) is 4.79 Å². The first-order valence-corrected chi connectivity index (χ1v) is 8.61. The first kappa shape index (κ1) is 14.4. The lowest BCUT2D eigenvalue weighted by Gasteiger charge is -2.12.